The maximum Gasteiger partial charge on any atom is 0.697 e. The summed E-state index contributed by atoms with van der Waals surface area (Å²) in [6.07, 6.45) is 1.18. The fraction of sp³-hybridized carbons (Fsp3) is 0.370. The van der Waals surface area contributed by atoms with Crippen LogP contribution in [0.2, 0.25) is 0 Å². The van der Waals surface area contributed by atoms with Gasteiger partial charge in [-0.1, -0.05) is 60.7 Å². The average molecular weight is 1010 g/mol. The van der Waals surface area contributed by atoms with Crippen LogP contribution < -0.4 is 10.6 Å². The monoisotopic (exact) mass is 1010 g/mol. The van der Waals surface area contributed by atoms with E-state index < -0.39 is 57.9 Å². The summed E-state index contributed by atoms with van der Waals surface area (Å²) in [5.74, 6) is -1.50. The molecule has 0 atom stereocenters. The van der Waals surface area contributed by atoms with Crippen molar-refractivity contribution in [1.82, 2.24) is 29.2 Å². The van der Waals surface area contributed by atoms with Gasteiger partial charge in [0.15, 0.2) is 5.95 Å². The lowest BCUT2D eigenvalue weighted by Gasteiger charge is -2.32. The zero-order valence-electron chi connectivity index (χ0n) is 48.5. The van der Waals surface area contributed by atoms with E-state index in [0.717, 1.165) is 27.9 Å². The van der Waals surface area contributed by atoms with Gasteiger partial charge in [0.2, 0.25) is 11.7 Å². The largest absolute Gasteiger partial charge is 0.697 e. The number of amides is 1. The molecule has 0 bridgehead atoms. The number of carbonyl (C=O) groups excluding carboxylic acids is 3. The number of hydrogen-bond acceptors (Lipinski definition) is 14. The number of piperidine rings is 2. The lowest BCUT2D eigenvalue weighted by atomic mass is 9.94. The molecular formula is C54H66N8O9P+. The Labute approximate surface area is 432 Å². The number of anilines is 2. The molecule has 1 amide bonds. The number of nitrogen functional groups attached to an aromatic ring is 1. The van der Waals surface area contributed by atoms with E-state index in [4.69, 9.17) is 30.9 Å². The van der Waals surface area contributed by atoms with E-state index in [1.165, 1.54) is 36.6 Å². The van der Waals surface area contributed by atoms with Gasteiger partial charge in [-0.05, 0) is 126 Å². The van der Waals surface area contributed by atoms with Crippen molar-refractivity contribution in [3.8, 4) is 0 Å². The molecule has 2 aliphatic rings. The highest BCUT2D eigenvalue weighted by atomic mass is 31.1. The summed E-state index contributed by atoms with van der Waals surface area (Å²) in [5, 5.41) is 0. The van der Waals surface area contributed by atoms with Crippen LogP contribution in [0, 0.1) is 11.8 Å². The number of ether oxygens (including phenoxy) is 3. The molecule has 7 aromatic rings. The minimum atomic E-state index is -2.80. The van der Waals surface area contributed by atoms with Crippen LogP contribution in [0.5, 0.6) is 0 Å². The number of para-hydroxylation sites is 4. The van der Waals surface area contributed by atoms with Gasteiger partial charge in [-0.3, -0.25) is 9.20 Å². The first-order valence-corrected chi connectivity index (χ1v) is 24.8. The Bertz CT molecular complexity index is 3140. The molecule has 3 N–H and O–H groups in total. The molecule has 17 nitrogen and oxygen atoms in total. The standard InChI is InChI=1S/C24H24N4O2.C19H25NO4.C7H7N3.C4H10O3P/c29-23(19-6-2-1-3-7-19)30-17-13-18-10-14-27(15-11-18)22-12-16-28-21-9-5-4-8-20(21)25-24(28)26-22;1-2-23-14-11-18(21)20-12-8-16(9-13-20)10-15-24-19(22)17-6-4-3-5-7-17;8-7-9-5-3-1-2-4-6(5)10-7;1-3-6-8(5)7-4-2/h1-9,12,16,18H,10-11,13-15,17H2;3-7,11,14,16H,2,8-10,12-13,15H2,1H3;1-4H,(H3,8,9,10);3-4H2,1-2H3/q;;;+1/b;14-11+;;/i13D2,17D2;10D2,15D2;;. The van der Waals surface area contributed by atoms with Crippen LogP contribution in [0.4, 0.5) is 11.8 Å². The first kappa shape index (κ1) is 43.6. The molecule has 0 aliphatic carbocycles. The summed E-state index contributed by atoms with van der Waals surface area (Å²) in [4.78, 5) is 56.4. The minimum Gasteiger partial charge on any atom is -0.501 e. The van der Waals surface area contributed by atoms with Crippen LogP contribution in [-0.2, 0) is 32.6 Å². The summed E-state index contributed by atoms with van der Waals surface area (Å²) in [6, 6.07) is 33.4. The fourth-order valence-electron chi connectivity index (χ4n) is 7.32. The number of aromatic amines is 1. The molecule has 380 valence electrons. The fourth-order valence-corrected chi connectivity index (χ4v) is 7.82. The number of aromatic nitrogens is 5. The summed E-state index contributed by atoms with van der Waals surface area (Å²) in [7, 11) is -1.83. The first-order chi connectivity index (χ1) is 38.1. The molecule has 0 unspecified atom stereocenters. The molecule has 5 heterocycles. The third-order valence-corrected chi connectivity index (χ3v) is 11.9. The molecule has 18 heteroatoms. The van der Waals surface area contributed by atoms with Gasteiger partial charge in [0.05, 0.1) is 64.7 Å². The van der Waals surface area contributed by atoms with Crippen LogP contribution in [-0.4, -0.2) is 106 Å². The minimum absolute atomic E-state index is 0.156. The number of esters is 2. The highest BCUT2D eigenvalue weighted by molar-refractivity contribution is 7.33. The Balaban J connectivity index is 0.000000199. The van der Waals surface area contributed by atoms with E-state index in [0.29, 0.717) is 70.6 Å². The number of imidazole rings is 2. The number of nitrogens with one attached hydrogen (secondary N) is 1. The van der Waals surface area contributed by atoms with Crippen molar-refractivity contribution in [2.75, 3.05) is 69.8 Å². The van der Waals surface area contributed by atoms with Gasteiger partial charge in [0.1, 0.15) is 19.0 Å². The predicted octanol–water partition coefficient (Wildman–Crippen LogP) is 10.2. The van der Waals surface area contributed by atoms with E-state index in [-0.39, 0.29) is 29.9 Å². The lowest BCUT2D eigenvalue weighted by Crippen LogP contribution is -2.37. The van der Waals surface area contributed by atoms with Crippen LogP contribution in [0.1, 0.15) is 90.9 Å². The van der Waals surface area contributed by atoms with Gasteiger partial charge in [0, 0.05) is 48.5 Å². The Morgan fingerprint density at radius 3 is 1.81 bits per heavy atom. The van der Waals surface area contributed by atoms with Crippen molar-refractivity contribution in [2.45, 2.75) is 59.2 Å². The van der Waals surface area contributed by atoms with E-state index in [1.807, 2.05) is 65.2 Å². The second-order valence-corrected chi connectivity index (χ2v) is 16.8. The van der Waals surface area contributed by atoms with Crippen molar-refractivity contribution in [1.29, 1.82) is 0 Å². The van der Waals surface area contributed by atoms with Gasteiger partial charge in [0.25, 0.3) is 0 Å². The van der Waals surface area contributed by atoms with Crippen molar-refractivity contribution in [3.63, 3.8) is 0 Å². The third kappa shape index (κ3) is 17.0. The van der Waals surface area contributed by atoms with Crippen LogP contribution in [0.15, 0.2) is 134 Å². The zero-order valence-corrected chi connectivity index (χ0v) is 41.4. The van der Waals surface area contributed by atoms with Crippen molar-refractivity contribution in [2.24, 2.45) is 11.8 Å². The van der Waals surface area contributed by atoms with E-state index in [9.17, 15) is 18.9 Å². The quantitative estimate of drug-likeness (QED) is 0.0400. The summed E-state index contributed by atoms with van der Waals surface area (Å²) in [6.45, 7) is 2.73. The van der Waals surface area contributed by atoms with Gasteiger partial charge in [-0.15, -0.1) is 9.05 Å². The molecular weight excluding hydrogens is 936 g/mol. The zero-order chi connectivity index (χ0) is 58.1. The molecule has 9 rings (SSSR count). The molecule has 3 aromatic heterocycles. The Morgan fingerprint density at radius 2 is 1.24 bits per heavy atom. The Hall–Kier alpha value is -7.20. The Kier molecular flexibility index (Phi) is 17.7. The average Bonchev–Trinajstić information content (AvgIpc) is 4.03. The number of rotatable bonds is 16. The molecule has 0 spiro atoms. The van der Waals surface area contributed by atoms with Gasteiger partial charge < -0.3 is 34.7 Å². The lowest BCUT2D eigenvalue weighted by molar-refractivity contribution is -0.127. The van der Waals surface area contributed by atoms with Gasteiger partial charge >= 0.3 is 20.2 Å². The van der Waals surface area contributed by atoms with Gasteiger partial charge in [-0.2, -0.15) is 4.98 Å². The number of carbonyl (C=O) groups is 3. The molecule has 2 fully saturated rings. The normalized spacial score (nSPS) is 16.3. The predicted molar refractivity (Wildman–Crippen MR) is 280 cm³/mol. The van der Waals surface area contributed by atoms with Gasteiger partial charge in [-0.25, -0.2) is 19.6 Å². The number of nitrogens with zero attached hydrogens (tertiary/aromatic N) is 6. The molecule has 4 aromatic carbocycles. The molecule has 0 saturated carbocycles. The van der Waals surface area contributed by atoms with E-state index in [2.05, 4.69) is 33.9 Å². The number of H-pyrrole nitrogens is 1. The summed E-state index contributed by atoms with van der Waals surface area (Å²) < 4.78 is 102. The van der Waals surface area contributed by atoms with Crippen molar-refractivity contribution < 1.29 is 53.2 Å². The molecule has 0 radical (unpaired) electrons. The number of hydrogen-bond donors (Lipinski definition) is 2. The first-order valence-electron chi connectivity index (χ1n) is 27.7. The summed E-state index contributed by atoms with van der Waals surface area (Å²) in [5.41, 5.74) is 9.52. The maximum absolute atomic E-state index is 12.3. The van der Waals surface area contributed by atoms with Crippen LogP contribution in [0.25, 0.3) is 27.8 Å². The van der Waals surface area contributed by atoms with Crippen LogP contribution in [0.3, 0.4) is 0 Å². The smallest absolute Gasteiger partial charge is 0.501 e. The highest BCUT2D eigenvalue weighted by Crippen LogP contribution is 2.26. The number of fused-ring (bicyclic) bond motifs is 4. The SMILES string of the molecule is CCO[P+](=O)OCC.Nc1nc2ccccc2[nH]1.[2H]C([2H])(OC(=O)c1ccccc1)C([2H])([2H])C1CCN(C(=O)/C=C/OCC)CC1.[2H]C([2H])(OC(=O)c1ccccc1)C([2H])([2H])C1CCN(c2ccn3c(n2)nc2ccccc23)CC1. The third-order valence-electron chi connectivity index (χ3n) is 11.0. The second-order valence-electron chi connectivity index (χ2n) is 15.9. The highest BCUT2D eigenvalue weighted by Gasteiger charge is 2.23. The Morgan fingerprint density at radius 1 is 0.694 bits per heavy atom. The maximum atomic E-state index is 12.3. The van der Waals surface area contributed by atoms with Crippen LogP contribution >= 0.6 is 8.25 Å². The number of nitrogens with two attached hydrogens (primary N) is 1. The number of benzene rings is 4. The van der Waals surface area contributed by atoms with Crippen molar-refractivity contribution in [3.05, 3.63) is 145 Å². The molecule has 72 heavy (non-hydrogen) atoms. The molecule has 2 saturated heterocycles. The topological polar surface area (TPSA) is 206 Å². The van der Waals surface area contributed by atoms with Crippen molar-refractivity contribution >= 4 is 65.7 Å². The molecule has 2 aliphatic heterocycles. The second kappa shape index (κ2) is 29.2. The van der Waals surface area contributed by atoms with E-state index >= 15 is 0 Å². The summed E-state index contributed by atoms with van der Waals surface area (Å²) >= 11 is 0. The number of likely N-dealkylation sites (tertiary alicyclic amines) is 1. The van der Waals surface area contributed by atoms with E-state index in [1.54, 1.807) is 62.1 Å².